The Balaban J connectivity index is 1.52. The van der Waals surface area contributed by atoms with Crippen molar-refractivity contribution in [3.63, 3.8) is 0 Å². The molecule has 1 aromatic heterocycles. The number of nitrogens with zero attached hydrogens (tertiary/aromatic N) is 1. The van der Waals surface area contributed by atoms with Gasteiger partial charge in [-0.1, -0.05) is 30.3 Å². The monoisotopic (exact) mass is 347 g/mol. The highest BCUT2D eigenvalue weighted by Gasteiger charge is 2.17. The number of hydrogen-bond donors (Lipinski definition) is 2. The first kappa shape index (κ1) is 16.4. The first-order valence-electron chi connectivity index (χ1n) is 8.91. The van der Waals surface area contributed by atoms with E-state index in [2.05, 4.69) is 5.32 Å². The van der Waals surface area contributed by atoms with E-state index in [1.807, 2.05) is 36.4 Å². The molecule has 0 aliphatic heterocycles. The van der Waals surface area contributed by atoms with Gasteiger partial charge in [-0.3, -0.25) is 4.98 Å². The molecule has 0 spiro atoms. The molecule has 132 valence electrons. The summed E-state index contributed by atoms with van der Waals surface area (Å²) in [6.45, 7) is 0.421. The van der Waals surface area contributed by atoms with Crippen molar-refractivity contribution in [2.45, 2.75) is 32.2 Å². The summed E-state index contributed by atoms with van der Waals surface area (Å²) in [5.74, 6) is 0.465. The van der Waals surface area contributed by atoms with E-state index in [1.54, 1.807) is 12.1 Å². The van der Waals surface area contributed by atoms with Crippen LogP contribution < -0.4 is 15.8 Å². The van der Waals surface area contributed by atoms with Gasteiger partial charge < -0.3 is 15.8 Å². The molecule has 3 N–H and O–H groups in total. The summed E-state index contributed by atoms with van der Waals surface area (Å²) >= 11 is 0. The summed E-state index contributed by atoms with van der Waals surface area (Å²) in [4.78, 5) is 16.8. The van der Waals surface area contributed by atoms with Crippen LogP contribution in [0.2, 0.25) is 0 Å². The van der Waals surface area contributed by atoms with Crippen molar-refractivity contribution < 1.29 is 9.53 Å². The minimum atomic E-state index is -0.488. The molecule has 2 aromatic carbocycles. The third kappa shape index (κ3) is 3.33. The van der Waals surface area contributed by atoms with Crippen LogP contribution in [0.25, 0.3) is 10.9 Å². The highest BCUT2D eigenvalue weighted by Crippen LogP contribution is 2.32. The fraction of sp³-hybridized carbons (Fsp3) is 0.238. The number of pyridine rings is 1. The Hall–Kier alpha value is -3.08. The van der Waals surface area contributed by atoms with Crippen molar-refractivity contribution in [1.82, 2.24) is 10.3 Å². The Bertz CT molecular complexity index is 954. The van der Waals surface area contributed by atoms with Crippen molar-refractivity contribution in [2.24, 2.45) is 0 Å². The average Bonchev–Trinajstić information content (AvgIpc) is 2.68. The Kier molecular flexibility index (Phi) is 4.44. The Morgan fingerprint density at radius 2 is 1.92 bits per heavy atom. The second kappa shape index (κ2) is 7.04. The number of aryl methyl sites for hydroxylation is 1. The van der Waals surface area contributed by atoms with E-state index in [9.17, 15) is 4.79 Å². The lowest BCUT2D eigenvalue weighted by Crippen LogP contribution is -2.26. The van der Waals surface area contributed by atoms with Crippen LogP contribution in [0.5, 0.6) is 5.75 Å². The topological polar surface area (TPSA) is 77.2 Å². The number of nitrogens with one attached hydrogen (secondary N) is 1. The molecule has 26 heavy (non-hydrogen) atoms. The van der Waals surface area contributed by atoms with Gasteiger partial charge in [-0.25, -0.2) is 4.79 Å². The lowest BCUT2D eigenvalue weighted by Gasteiger charge is -2.18. The van der Waals surface area contributed by atoms with Crippen LogP contribution in [0.4, 0.5) is 10.5 Å². The van der Waals surface area contributed by atoms with Crippen LogP contribution in [0.3, 0.4) is 0 Å². The van der Waals surface area contributed by atoms with Gasteiger partial charge in [-0.15, -0.1) is 0 Å². The number of fused-ring (bicyclic) bond motifs is 2. The average molecular weight is 347 g/mol. The smallest absolute Gasteiger partial charge is 0.410 e. The Morgan fingerprint density at radius 1 is 1.12 bits per heavy atom. The molecule has 1 heterocycles. The number of anilines is 1. The number of amides is 1. The normalized spacial score (nSPS) is 13.2. The summed E-state index contributed by atoms with van der Waals surface area (Å²) in [6, 6.07) is 15.1. The summed E-state index contributed by atoms with van der Waals surface area (Å²) in [5, 5.41) is 3.60. The second-order valence-corrected chi connectivity index (χ2v) is 6.57. The maximum atomic E-state index is 12.1. The van der Waals surface area contributed by atoms with Crippen molar-refractivity contribution in [3.8, 4) is 5.75 Å². The standard InChI is InChI=1S/C21H21N3O2/c22-20-16-8-4-5-9-18(16)24-19-11-10-15(12-17(19)20)26-21(25)23-13-14-6-2-1-3-7-14/h1-3,6-7,10-12H,4-5,8-9,13H2,(H2,22,24)(H,23,25). The van der Waals surface area contributed by atoms with E-state index in [0.717, 1.165) is 59.1 Å². The minimum absolute atomic E-state index is 0.421. The number of nitrogen functional groups attached to an aromatic ring is 1. The molecule has 0 atom stereocenters. The molecule has 5 nitrogen and oxygen atoms in total. The van der Waals surface area contributed by atoms with E-state index in [0.29, 0.717) is 12.3 Å². The molecule has 0 saturated heterocycles. The largest absolute Gasteiger partial charge is 0.412 e. The van der Waals surface area contributed by atoms with Gasteiger partial charge in [0.2, 0.25) is 0 Å². The minimum Gasteiger partial charge on any atom is -0.410 e. The fourth-order valence-corrected chi connectivity index (χ4v) is 3.42. The molecule has 1 aliphatic rings. The number of hydrogen-bond acceptors (Lipinski definition) is 4. The van der Waals surface area contributed by atoms with E-state index >= 15 is 0 Å². The SMILES string of the molecule is Nc1c2c(nc3ccc(OC(=O)NCc4ccccc4)cc13)CCCC2. The zero-order valence-corrected chi connectivity index (χ0v) is 14.5. The molecule has 3 aromatic rings. The molecular weight excluding hydrogens is 326 g/mol. The van der Waals surface area contributed by atoms with Crippen LogP contribution in [-0.2, 0) is 19.4 Å². The molecule has 1 aliphatic carbocycles. The predicted molar refractivity (Wildman–Crippen MR) is 102 cm³/mol. The number of carbonyl (C=O) groups is 1. The molecular formula is C21H21N3O2. The Morgan fingerprint density at radius 3 is 2.77 bits per heavy atom. The maximum Gasteiger partial charge on any atom is 0.412 e. The molecule has 0 radical (unpaired) electrons. The van der Waals surface area contributed by atoms with Crippen molar-refractivity contribution in [1.29, 1.82) is 0 Å². The quantitative estimate of drug-likeness (QED) is 0.751. The van der Waals surface area contributed by atoms with Gasteiger partial charge >= 0.3 is 6.09 Å². The number of aromatic nitrogens is 1. The van der Waals surface area contributed by atoms with Gasteiger partial charge in [0.1, 0.15) is 5.75 Å². The zero-order chi connectivity index (χ0) is 17.9. The maximum absolute atomic E-state index is 12.1. The first-order valence-corrected chi connectivity index (χ1v) is 8.91. The van der Waals surface area contributed by atoms with Gasteiger partial charge in [-0.2, -0.15) is 0 Å². The summed E-state index contributed by atoms with van der Waals surface area (Å²) < 4.78 is 5.41. The van der Waals surface area contributed by atoms with Crippen molar-refractivity contribution in [3.05, 3.63) is 65.4 Å². The Labute approximate surface area is 152 Å². The van der Waals surface area contributed by atoms with Gasteiger partial charge in [0.15, 0.2) is 0 Å². The van der Waals surface area contributed by atoms with E-state index < -0.39 is 6.09 Å². The molecule has 0 fully saturated rings. The summed E-state index contributed by atoms with van der Waals surface area (Å²) in [7, 11) is 0. The summed E-state index contributed by atoms with van der Waals surface area (Å²) in [5.41, 5.74) is 11.3. The molecule has 0 unspecified atom stereocenters. The second-order valence-electron chi connectivity index (χ2n) is 6.57. The van der Waals surface area contributed by atoms with Gasteiger partial charge in [0.25, 0.3) is 0 Å². The highest BCUT2D eigenvalue weighted by molar-refractivity contribution is 5.93. The van der Waals surface area contributed by atoms with E-state index in [-0.39, 0.29) is 0 Å². The molecule has 4 rings (SSSR count). The van der Waals surface area contributed by atoms with Crippen molar-refractivity contribution >= 4 is 22.7 Å². The van der Waals surface area contributed by atoms with Gasteiger partial charge in [0, 0.05) is 23.3 Å². The number of nitrogens with two attached hydrogens (primary N) is 1. The first-order chi connectivity index (χ1) is 12.7. The third-order valence-corrected chi connectivity index (χ3v) is 4.77. The van der Waals surface area contributed by atoms with E-state index in [4.69, 9.17) is 15.5 Å². The van der Waals surface area contributed by atoms with Crippen LogP contribution in [0.1, 0.15) is 29.7 Å². The van der Waals surface area contributed by atoms with Crippen LogP contribution in [0, 0.1) is 0 Å². The fourth-order valence-electron chi connectivity index (χ4n) is 3.42. The molecule has 1 amide bonds. The molecule has 0 saturated carbocycles. The highest BCUT2D eigenvalue weighted by atomic mass is 16.6. The lowest BCUT2D eigenvalue weighted by molar-refractivity contribution is 0.200. The molecule has 0 bridgehead atoms. The van der Waals surface area contributed by atoms with Crippen LogP contribution >= 0.6 is 0 Å². The summed E-state index contributed by atoms with van der Waals surface area (Å²) in [6.07, 6.45) is 3.76. The van der Waals surface area contributed by atoms with Crippen molar-refractivity contribution in [2.75, 3.05) is 5.73 Å². The predicted octanol–water partition coefficient (Wildman–Crippen LogP) is 3.98. The number of benzene rings is 2. The third-order valence-electron chi connectivity index (χ3n) is 4.77. The number of ether oxygens (including phenoxy) is 1. The lowest BCUT2D eigenvalue weighted by atomic mass is 9.93. The zero-order valence-electron chi connectivity index (χ0n) is 14.5. The van der Waals surface area contributed by atoms with Gasteiger partial charge in [0.05, 0.1) is 5.52 Å². The number of rotatable bonds is 3. The van der Waals surface area contributed by atoms with Crippen LogP contribution in [0.15, 0.2) is 48.5 Å². The van der Waals surface area contributed by atoms with E-state index in [1.165, 1.54) is 0 Å². The number of carbonyl (C=O) groups excluding carboxylic acids is 1. The van der Waals surface area contributed by atoms with Crippen LogP contribution in [-0.4, -0.2) is 11.1 Å². The molecule has 5 heteroatoms. The van der Waals surface area contributed by atoms with Gasteiger partial charge in [-0.05, 0) is 55.0 Å².